The Morgan fingerprint density at radius 3 is 1.61 bits per heavy atom. The Morgan fingerprint density at radius 1 is 0.588 bits per heavy atom. The van der Waals surface area contributed by atoms with E-state index in [1.165, 1.54) is 38.5 Å². The van der Waals surface area contributed by atoms with E-state index in [0.717, 1.165) is 77.0 Å². The molecule has 3 N–H and O–H groups in total. The van der Waals surface area contributed by atoms with Gasteiger partial charge in [0.2, 0.25) is 0 Å². The van der Waals surface area contributed by atoms with Crippen molar-refractivity contribution in [1.82, 2.24) is 0 Å². The standard InChI is InChI=1S/C41H72NO8P/c1-3-5-7-9-11-13-15-16-17-18-19-20-21-22-24-26-28-30-32-34-41(44)50-39(38-49-51(45,46)48-36-35-42)37-47-40(43)33-31-29-27-25-23-14-12-10-8-6-4-2/h10-13,16-17,19-20,22,24,39H,3-9,14-15,18,21,23,25-38,42H2,1-2H3,(H,45,46)/b12-10-,13-11-,17-16-,20-19-,24-22-/t39-/m1/s1. The molecule has 0 aliphatic heterocycles. The summed E-state index contributed by atoms with van der Waals surface area (Å²) in [7, 11) is -4.38. The third kappa shape index (κ3) is 37.3. The molecule has 294 valence electrons. The van der Waals surface area contributed by atoms with Gasteiger partial charge >= 0.3 is 19.8 Å². The normalized spacial score (nSPS) is 14.0. The molecule has 0 saturated heterocycles. The van der Waals surface area contributed by atoms with Crippen LogP contribution >= 0.6 is 7.82 Å². The van der Waals surface area contributed by atoms with Crippen LogP contribution in [0.4, 0.5) is 0 Å². The quantitative estimate of drug-likeness (QED) is 0.0279. The highest BCUT2D eigenvalue weighted by atomic mass is 31.2. The molecule has 2 atom stereocenters. The average molecular weight is 738 g/mol. The molecule has 0 bridgehead atoms. The van der Waals surface area contributed by atoms with Crippen molar-refractivity contribution in [3.05, 3.63) is 60.8 Å². The van der Waals surface area contributed by atoms with E-state index in [1.54, 1.807) is 0 Å². The van der Waals surface area contributed by atoms with Gasteiger partial charge in [-0.2, -0.15) is 0 Å². The lowest BCUT2D eigenvalue weighted by molar-refractivity contribution is -0.161. The molecule has 0 aromatic carbocycles. The number of phosphoric acid groups is 1. The third-order valence-corrected chi connectivity index (χ3v) is 8.86. The van der Waals surface area contributed by atoms with E-state index in [2.05, 4.69) is 74.6 Å². The summed E-state index contributed by atoms with van der Waals surface area (Å²) in [6.07, 6.45) is 42.5. The van der Waals surface area contributed by atoms with Gasteiger partial charge in [-0.25, -0.2) is 4.57 Å². The predicted molar refractivity (Wildman–Crippen MR) is 210 cm³/mol. The Labute approximate surface area is 310 Å². The zero-order valence-corrected chi connectivity index (χ0v) is 33.0. The molecule has 0 aliphatic rings. The lowest BCUT2D eigenvalue weighted by Crippen LogP contribution is -2.29. The van der Waals surface area contributed by atoms with E-state index < -0.39 is 32.5 Å². The van der Waals surface area contributed by atoms with Crippen LogP contribution in [0.15, 0.2) is 60.8 Å². The second kappa shape index (κ2) is 37.5. The molecule has 0 rings (SSSR count). The second-order valence-corrected chi connectivity index (χ2v) is 14.2. The van der Waals surface area contributed by atoms with Crippen LogP contribution in [0.1, 0.15) is 155 Å². The first-order valence-corrected chi connectivity index (χ1v) is 21.3. The monoisotopic (exact) mass is 737 g/mol. The van der Waals surface area contributed by atoms with Crippen LogP contribution < -0.4 is 5.73 Å². The third-order valence-electron chi connectivity index (χ3n) is 7.88. The molecule has 0 aliphatic carbocycles. The summed E-state index contributed by atoms with van der Waals surface area (Å²) in [4.78, 5) is 34.7. The zero-order valence-electron chi connectivity index (χ0n) is 32.1. The molecular formula is C41H72NO8P. The minimum absolute atomic E-state index is 0.0441. The van der Waals surface area contributed by atoms with Crippen molar-refractivity contribution in [2.75, 3.05) is 26.4 Å². The number of esters is 2. The highest BCUT2D eigenvalue weighted by Gasteiger charge is 2.25. The van der Waals surface area contributed by atoms with Crippen LogP contribution in [0.25, 0.3) is 0 Å². The topological polar surface area (TPSA) is 134 Å². The maximum atomic E-state index is 12.5. The van der Waals surface area contributed by atoms with E-state index in [0.29, 0.717) is 12.8 Å². The van der Waals surface area contributed by atoms with Crippen molar-refractivity contribution < 1.29 is 37.6 Å². The van der Waals surface area contributed by atoms with Crippen LogP contribution in [0, 0.1) is 0 Å². The van der Waals surface area contributed by atoms with Gasteiger partial charge in [0.05, 0.1) is 13.2 Å². The first-order valence-electron chi connectivity index (χ1n) is 19.8. The van der Waals surface area contributed by atoms with E-state index in [9.17, 15) is 19.0 Å². The SMILES string of the molecule is CCCC/C=C\CCCCCCCC(=O)OC[C@H](COP(=O)(O)OCCN)OC(=O)CCCCC/C=C\C/C=C\C/C=C\C/C=C\CCCCC. The Kier molecular flexibility index (Phi) is 35.8. The van der Waals surface area contributed by atoms with Gasteiger partial charge < -0.3 is 20.1 Å². The van der Waals surface area contributed by atoms with E-state index >= 15 is 0 Å². The highest BCUT2D eigenvalue weighted by molar-refractivity contribution is 7.47. The first kappa shape index (κ1) is 48.7. The van der Waals surface area contributed by atoms with Gasteiger partial charge in [-0.1, -0.05) is 126 Å². The molecule has 9 nitrogen and oxygen atoms in total. The van der Waals surface area contributed by atoms with Crippen molar-refractivity contribution >= 4 is 19.8 Å². The molecule has 0 aromatic heterocycles. The summed E-state index contributed by atoms with van der Waals surface area (Å²) in [6, 6.07) is 0. The molecule has 0 amide bonds. The van der Waals surface area contributed by atoms with Crippen LogP contribution in [0.3, 0.4) is 0 Å². The van der Waals surface area contributed by atoms with Crippen molar-refractivity contribution in [3.63, 3.8) is 0 Å². The molecule has 0 spiro atoms. The van der Waals surface area contributed by atoms with Crippen LogP contribution in [0.2, 0.25) is 0 Å². The number of nitrogens with two attached hydrogens (primary N) is 1. The van der Waals surface area contributed by atoms with Gasteiger partial charge in [-0.15, -0.1) is 0 Å². The van der Waals surface area contributed by atoms with Gasteiger partial charge in [-0.3, -0.25) is 18.6 Å². The van der Waals surface area contributed by atoms with Crippen LogP contribution in [-0.2, 0) is 32.7 Å². The molecule has 0 fully saturated rings. The summed E-state index contributed by atoms with van der Waals surface area (Å²) in [5.41, 5.74) is 5.33. The summed E-state index contributed by atoms with van der Waals surface area (Å²) in [6.45, 7) is 3.59. The minimum atomic E-state index is -4.38. The lowest BCUT2D eigenvalue weighted by atomic mass is 10.1. The molecule has 0 aromatic rings. The van der Waals surface area contributed by atoms with Gasteiger partial charge in [0.25, 0.3) is 0 Å². The summed E-state index contributed by atoms with van der Waals surface area (Å²) >= 11 is 0. The lowest BCUT2D eigenvalue weighted by Gasteiger charge is -2.19. The molecule has 0 heterocycles. The molecule has 10 heteroatoms. The van der Waals surface area contributed by atoms with Gasteiger partial charge in [-0.05, 0) is 77.0 Å². The van der Waals surface area contributed by atoms with E-state index in [4.69, 9.17) is 24.3 Å². The number of phosphoric ester groups is 1. The van der Waals surface area contributed by atoms with Crippen molar-refractivity contribution in [3.8, 4) is 0 Å². The fraction of sp³-hybridized carbons (Fsp3) is 0.707. The number of ether oxygens (including phenoxy) is 2. The van der Waals surface area contributed by atoms with Gasteiger partial charge in [0.15, 0.2) is 6.10 Å². The number of hydrogen-bond donors (Lipinski definition) is 2. The number of carbonyl (C=O) groups is 2. The van der Waals surface area contributed by atoms with Gasteiger partial charge in [0.1, 0.15) is 6.61 Å². The number of hydrogen-bond acceptors (Lipinski definition) is 8. The maximum Gasteiger partial charge on any atom is 0.472 e. The van der Waals surface area contributed by atoms with Crippen molar-refractivity contribution in [2.45, 2.75) is 161 Å². The molecular weight excluding hydrogens is 665 g/mol. The first-order chi connectivity index (χ1) is 24.8. The average Bonchev–Trinajstić information content (AvgIpc) is 3.11. The van der Waals surface area contributed by atoms with E-state index in [1.807, 2.05) is 0 Å². The fourth-order valence-electron chi connectivity index (χ4n) is 4.89. The molecule has 1 unspecified atom stereocenters. The summed E-state index contributed by atoms with van der Waals surface area (Å²) < 4.78 is 32.6. The maximum absolute atomic E-state index is 12.5. The number of carbonyl (C=O) groups excluding carboxylic acids is 2. The fourth-order valence-corrected chi connectivity index (χ4v) is 5.66. The summed E-state index contributed by atoms with van der Waals surface area (Å²) in [5, 5.41) is 0. The number of allylic oxidation sites excluding steroid dienone is 10. The highest BCUT2D eigenvalue weighted by Crippen LogP contribution is 2.43. The molecule has 0 saturated carbocycles. The number of unbranched alkanes of at least 4 members (excludes halogenated alkanes) is 13. The zero-order chi connectivity index (χ0) is 37.5. The number of rotatable bonds is 36. The van der Waals surface area contributed by atoms with E-state index in [-0.39, 0.29) is 32.6 Å². The predicted octanol–water partition coefficient (Wildman–Crippen LogP) is 10.9. The smallest absolute Gasteiger partial charge is 0.462 e. The molecule has 0 radical (unpaired) electrons. The Hall–Kier alpha value is -2.29. The minimum Gasteiger partial charge on any atom is -0.462 e. The summed E-state index contributed by atoms with van der Waals surface area (Å²) in [5.74, 6) is -0.883. The second-order valence-electron chi connectivity index (χ2n) is 12.8. The Balaban J connectivity index is 4.29. The van der Waals surface area contributed by atoms with Crippen LogP contribution in [0.5, 0.6) is 0 Å². The Bertz CT molecular complexity index is 1020. The van der Waals surface area contributed by atoms with Crippen molar-refractivity contribution in [2.24, 2.45) is 5.73 Å². The largest absolute Gasteiger partial charge is 0.472 e. The van der Waals surface area contributed by atoms with Crippen molar-refractivity contribution in [1.29, 1.82) is 0 Å². The van der Waals surface area contributed by atoms with Crippen LogP contribution in [-0.4, -0.2) is 49.3 Å². The molecule has 51 heavy (non-hydrogen) atoms. The van der Waals surface area contributed by atoms with Gasteiger partial charge in [0, 0.05) is 19.4 Å². The Morgan fingerprint density at radius 2 is 1.04 bits per heavy atom.